The maximum absolute atomic E-state index is 13.7. The maximum Gasteiger partial charge on any atom is 0.422 e. The topological polar surface area (TPSA) is 76.7 Å². The summed E-state index contributed by atoms with van der Waals surface area (Å²) < 4.78 is 60.7. The van der Waals surface area contributed by atoms with Crippen LogP contribution in [0.25, 0.3) is 0 Å². The van der Waals surface area contributed by atoms with E-state index in [0.717, 1.165) is 0 Å². The summed E-state index contributed by atoms with van der Waals surface area (Å²) in [5, 5.41) is 4.91. The quantitative estimate of drug-likeness (QED) is 0.460. The van der Waals surface area contributed by atoms with Crippen LogP contribution in [0.4, 0.5) is 28.9 Å². The third-order valence-corrected chi connectivity index (χ3v) is 4.13. The van der Waals surface area contributed by atoms with E-state index in [1.54, 1.807) is 18.2 Å². The van der Waals surface area contributed by atoms with Gasteiger partial charge in [-0.3, -0.25) is 9.59 Å². The fourth-order valence-electron chi connectivity index (χ4n) is 2.70. The minimum atomic E-state index is -4.49. The summed E-state index contributed by atoms with van der Waals surface area (Å²) in [5.41, 5.74) is 0.273. The largest absolute Gasteiger partial charge is 0.484 e. The molecule has 0 saturated heterocycles. The summed E-state index contributed by atoms with van der Waals surface area (Å²) in [7, 11) is 0. The minimum Gasteiger partial charge on any atom is -0.484 e. The highest BCUT2D eigenvalue weighted by Gasteiger charge is 2.28. The highest BCUT2D eigenvalue weighted by Crippen LogP contribution is 2.24. The standard InChI is InChI=1S/C23H18F4N2O4/c24-18-9-2-3-10-19(18)29-21(30)13-32-20-11-4-1-8-17(20)22(31)28-15-6-5-7-16(12-15)33-14-23(25,26)27/h1-12H,13-14H2,(H,28,31)(H,29,30). The van der Waals surface area contributed by atoms with E-state index >= 15 is 0 Å². The van der Waals surface area contributed by atoms with Crippen molar-refractivity contribution in [1.82, 2.24) is 0 Å². The molecule has 0 radical (unpaired) electrons. The zero-order chi connectivity index (χ0) is 23.8. The Morgan fingerprint density at radius 1 is 0.848 bits per heavy atom. The number of amides is 2. The number of hydrogen-bond acceptors (Lipinski definition) is 4. The van der Waals surface area contributed by atoms with Crippen LogP contribution in [-0.4, -0.2) is 31.2 Å². The van der Waals surface area contributed by atoms with Crippen molar-refractivity contribution in [2.45, 2.75) is 6.18 Å². The molecule has 0 aliphatic rings. The summed E-state index contributed by atoms with van der Waals surface area (Å²) in [6.07, 6.45) is -4.49. The molecule has 0 unspecified atom stereocenters. The molecule has 3 rings (SSSR count). The molecule has 0 spiro atoms. The lowest BCUT2D eigenvalue weighted by Gasteiger charge is -2.13. The fourth-order valence-corrected chi connectivity index (χ4v) is 2.70. The third kappa shape index (κ3) is 7.23. The lowest BCUT2D eigenvalue weighted by molar-refractivity contribution is -0.153. The van der Waals surface area contributed by atoms with Gasteiger partial charge in [-0.15, -0.1) is 0 Å². The Labute approximate surface area is 186 Å². The molecule has 33 heavy (non-hydrogen) atoms. The van der Waals surface area contributed by atoms with Gasteiger partial charge in [-0.2, -0.15) is 13.2 Å². The summed E-state index contributed by atoms with van der Waals surface area (Å²) in [6.45, 7) is -1.95. The number of hydrogen-bond donors (Lipinski definition) is 2. The van der Waals surface area contributed by atoms with Crippen LogP contribution in [0.3, 0.4) is 0 Å². The number of benzene rings is 3. The van der Waals surface area contributed by atoms with Gasteiger partial charge in [0, 0.05) is 11.8 Å². The smallest absolute Gasteiger partial charge is 0.422 e. The lowest BCUT2D eigenvalue weighted by Crippen LogP contribution is -2.22. The number of alkyl halides is 3. The van der Waals surface area contributed by atoms with Crippen molar-refractivity contribution in [1.29, 1.82) is 0 Å². The number of halogens is 4. The molecular formula is C23H18F4N2O4. The van der Waals surface area contributed by atoms with Gasteiger partial charge in [0.05, 0.1) is 11.3 Å². The molecule has 0 bridgehead atoms. The lowest BCUT2D eigenvalue weighted by atomic mass is 10.2. The highest BCUT2D eigenvalue weighted by molar-refractivity contribution is 6.06. The van der Waals surface area contributed by atoms with Crippen molar-refractivity contribution >= 4 is 23.2 Å². The molecule has 3 aromatic carbocycles. The molecule has 6 nitrogen and oxygen atoms in total. The van der Waals surface area contributed by atoms with Gasteiger partial charge in [0.25, 0.3) is 11.8 Å². The molecule has 0 atom stereocenters. The highest BCUT2D eigenvalue weighted by atomic mass is 19.4. The van der Waals surface area contributed by atoms with Crippen molar-refractivity contribution in [3.05, 3.63) is 84.2 Å². The average molecular weight is 462 g/mol. The first-order chi connectivity index (χ1) is 15.7. The number of para-hydroxylation sites is 2. The van der Waals surface area contributed by atoms with E-state index in [9.17, 15) is 27.2 Å². The first-order valence-corrected chi connectivity index (χ1v) is 9.58. The summed E-state index contributed by atoms with van der Waals surface area (Å²) in [4.78, 5) is 24.8. The number of ether oxygens (including phenoxy) is 2. The minimum absolute atomic E-state index is 0.00949. The molecule has 2 N–H and O–H groups in total. The van der Waals surface area contributed by atoms with Crippen LogP contribution in [0.2, 0.25) is 0 Å². The Kier molecular flexibility index (Phi) is 7.50. The maximum atomic E-state index is 13.7. The van der Waals surface area contributed by atoms with E-state index in [1.807, 2.05) is 0 Å². The van der Waals surface area contributed by atoms with Crippen LogP contribution in [0.5, 0.6) is 11.5 Å². The van der Waals surface area contributed by atoms with Crippen LogP contribution in [-0.2, 0) is 4.79 Å². The number of carbonyl (C=O) groups is 2. The Hall–Kier alpha value is -4.08. The second-order valence-electron chi connectivity index (χ2n) is 6.70. The van der Waals surface area contributed by atoms with E-state index in [4.69, 9.17) is 4.74 Å². The number of anilines is 2. The molecule has 3 aromatic rings. The van der Waals surface area contributed by atoms with E-state index < -0.39 is 37.0 Å². The molecule has 0 fully saturated rings. The van der Waals surface area contributed by atoms with Crippen LogP contribution in [0.1, 0.15) is 10.4 Å². The van der Waals surface area contributed by atoms with E-state index in [-0.39, 0.29) is 28.4 Å². The van der Waals surface area contributed by atoms with Crippen molar-refractivity contribution in [2.75, 3.05) is 23.8 Å². The van der Waals surface area contributed by atoms with Gasteiger partial charge in [-0.05, 0) is 36.4 Å². The fraction of sp³-hybridized carbons (Fsp3) is 0.130. The van der Waals surface area contributed by atoms with E-state index in [0.29, 0.717) is 0 Å². The van der Waals surface area contributed by atoms with Gasteiger partial charge in [-0.1, -0.05) is 30.3 Å². The molecule has 172 valence electrons. The zero-order valence-corrected chi connectivity index (χ0v) is 17.0. The van der Waals surface area contributed by atoms with Crippen molar-refractivity contribution in [3.63, 3.8) is 0 Å². The van der Waals surface area contributed by atoms with Crippen molar-refractivity contribution in [2.24, 2.45) is 0 Å². The van der Waals surface area contributed by atoms with Crippen molar-refractivity contribution in [3.8, 4) is 11.5 Å². The molecule has 0 aliphatic carbocycles. The average Bonchev–Trinajstić information content (AvgIpc) is 2.78. The monoisotopic (exact) mass is 462 g/mol. The Bertz CT molecular complexity index is 1140. The van der Waals surface area contributed by atoms with Gasteiger partial charge in [0.15, 0.2) is 13.2 Å². The van der Waals surface area contributed by atoms with Gasteiger partial charge in [-0.25, -0.2) is 4.39 Å². The van der Waals surface area contributed by atoms with Crippen molar-refractivity contribution < 1.29 is 36.6 Å². The van der Waals surface area contributed by atoms with E-state index in [1.165, 1.54) is 54.6 Å². The van der Waals surface area contributed by atoms with E-state index in [2.05, 4.69) is 15.4 Å². The van der Waals surface area contributed by atoms with Crippen LogP contribution >= 0.6 is 0 Å². The molecule has 10 heteroatoms. The molecule has 0 aromatic heterocycles. The zero-order valence-electron chi connectivity index (χ0n) is 17.0. The Morgan fingerprint density at radius 2 is 1.58 bits per heavy atom. The number of nitrogens with one attached hydrogen (secondary N) is 2. The predicted octanol–water partition coefficient (Wildman–Crippen LogP) is 5.04. The first-order valence-electron chi connectivity index (χ1n) is 9.58. The van der Waals surface area contributed by atoms with Crippen LogP contribution in [0, 0.1) is 5.82 Å². The first kappa shape index (κ1) is 23.6. The van der Waals surface area contributed by atoms with Crippen LogP contribution in [0.15, 0.2) is 72.8 Å². The Morgan fingerprint density at radius 3 is 2.33 bits per heavy atom. The van der Waals surface area contributed by atoms with Gasteiger partial charge < -0.3 is 20.1 Å². The van der Waals surface area contributed by atoms with Gasteiger partial charge >= 0.3 is 6.18 Å². The molecule has 0 aliphatic heterocycles. The molecular weight excluding hydrogens is 444 g/mol. The molecule has 0 heterocycles. The summed E-state index contributed by atoms with van der Waals surface area (Å²) in [5.74, 6) is -1.84. The number of rotatable bonds is 8. The number of carbonyl (C=O) groups excluding carboxylic acids is 2. The SMILES string of the molecule is O=C(COc1ccccc1C(=O)Nc1cccc(OCC(F)(F)F)c1)Nc1ccccc1F. The predicted molar refractivity (Wildman–Crippen MR) is 113 cm³/mol. The van der Waals surface area contributed by atoms with Gasteiger partial charge in [0.1, 0.15) is 17.3 Å². The third-order valence-electron chi connectivity index (χ3n) is 4.13. The second-order valence-corrected chi connectivity index (χ2v) is 6.70. The summed E-state index contributed by atoms with van der Waals surface area (Å²) >= 11 is 0. The summed E-state index contributed by atoms with van der Waals surface area (Å²) in [6, 6.07) is 17.2. The normalized spacial score (nSPS) is 10.9. The van der Waals surface area contributed by atoms with Crippen LogP contribution < -0.4 is 20.1 Å². The molecule has 0 saturated carbocycles. The molecule has 2 amide bonds. The second kappa shape index (κ2) is 10.5. The van der Waals surface area contributed by atoms with Gasteiger partial charge in [0.2, 0.25) is 0 Å². The Balaban J connectivity index is 1.63.